The van der Waals surface area contributed by atoms with Gasteiger partial charge in [0.2, 0.25) is 0 Å². The van der Waals surface area contributed by atoms with Crippen molar-refractivity contribution in [3.63, 3.8) is 0 Å². The van der Waals surface area contributed by atoms with Crippen LogP contribution in [0.25, 0.3) is 0 Å². The number of carbonyl (C=O) groups is 2. The second kappa shape index (κ2) is 5.82. The van der Waals surface area contributed by atoms with Crippen molar-refractivity contribution in [2.75, 3.05) is 0 Å². The highest BCUT2D eigenvalue weighted by Gasteiger charge is 2.57. The molecule has 4 rings (SSSR count). The molecule has 0 heterocycles. The van der Waals surface area contributed by atoms with Gasteiger partial charge in [-0.2, -0.15) is 0 Å². The molecule has 136 valence electrons. The Bertz CT molecular complexity index is 660. The van der Waals surface area contributed by atoms with Gasteiger partial charge in [-0.15, -0.1) is 0 Å². The summed E-state index contributed by atoms with van der Waals surface area (Å²) < 4.78 is 5.73. The summed E-state index contributed by atoms with van der Waals surface area (Å²) in [5.74, 6) is 2.04. The minimum Gasteiger partial charge on any atom is -0.462 e. The molecule has 0 radical (unpaired) electrons. The Labute approximate surface area is 150 Å². The zero-order chi connectivity index (χ0) is 17.8. The van der Waals surface area contributed by atoms with Crippen LogP contribution in [0.5, 0.6) is 0 Å². The second-order valence-electron chi connectivity index (χ2n) is 9.20. The number of ether oxygens (including phenoxy) is 1. The van der Waals surface area contributed by atoms with Crippen LogP contribution >= 0.6 is 0 Å². The van der Waals surface area contributed by atoms with Crippen LogP contribution in [-0.2, 0) is 14.3 Å². The molecule has 0 amide bonds. The van der Waals surface area contributed by atoms with Crippen molar-refractivity contribution in [3.8, 4) is 0 Å². The molecule has 0 spiro atoms. The number of hydrogen-bond acceptors (Lipinski definition) is 3. The lowest BCUT2D eigenvalue weighted by atomic mass is 9.48. The minimum absolute atomic E-state index is 0.0519. The number of esters is 1. The molecule has 3 heteroatoms. The molecule has 6 atom stereocenters. The summed E-state index contributed by atoms with van der Waals surface area (Å²) in [6.07, 6.45) is 13.1. The first kappa shape index (κ1) is 17.1. The van der Waals surface area contributed by atoms with E-state index in [1.807, 2.05) is 13.0 Å². The molecule has 3 fully saturated rings. The van der Waals surface area contributed by atoms with Gasteiger partial charge in [-0.25, -0.2) is 0 Å². The predicted molar refractivity (Wildman–Crippen MR) is 96.8 cm³/mol. The van der Waals surface area contributed by atoms with Gasteiger partial charge < -0.3 is 4.74 Å². The van der Waals surface area contributed by atoms with Crippen LogP contribution in [0.15, 0.2) is 23.8 Å². The van der Waals surface area contributed by atoms with E-state index in [0.29, 0.717) is 29.6 Å². The van der Waals surface area contributed by atoms with Gasteiger partial charge in [-0.1, -0.05) is 32.4 Å². The van der Waals surface area contributed by atoms with E-state index < -0.39 is 0 Å². The smallest absolute Gasteiger partial charge is 0.305 e. The Balaban J connectivity index is 1.58. The van der Waals surface area contributed by atoms with Gasteiger partial charge >= 0.3 is 5.97 Å². The summed E-state index contributed by atoms with van der Waals surface area (Å²) in [6, 6.07) is 0. The maximum atomic E-state index is 11.8. The molecule has 0 saturated heterocycles. The Morgan fingerprint density at radius 1 is 1.28 bits per heavy atom. The highest BCUT2D eigenvalue weighted by atomic mass is 16.5. The fourth-order valence-electron chi connectivity index (χ4n) is 6.55. The summed E-state index contributed by atoms with van der Waals surface area (Å²) in [5.41, 5.74) is 1.71. The van der Waals surface area contributed by atoms with Crippen molar-refractivity contribution in [1.29, 1.82) is 0 Å². The standard InChI is InChI=1S/C22H30O3/c1-4-20(24)25-16-12-19-17-6-5-14-11-15(23)7-10-22(14,3)18(17)8-9-21(19,2)13-16/h7,10-11,16-19H,4-6,8-9,12-13H2,1-3H3/t16-,17+,18+,19+,21+,22-/m0/s1. The fraction of sp³-hybridized carbons (Fsp3) is 0.727. The molecule has 25 heavy (non-hydrogen) atoms. The predicted octanol–water partition coefficient (Wildman–Crippen LogP) is 4.62. The van der Waals surface area contributed by atoms with Crippen LogP contribution in [-0.4, -0.2) is 17.9 Å². The first-order valence-corrected chi connectivity index (χ1v) is 9.99. The van der Waals surface area contributed by atoms with Gasteiger partial charge in [0.1, 0.15) is 6.10 Å². The van der Waals surface area contributed by atoms with Crippen LogP contribution in [0.1, 0.15) is 65.7 Å². The van der Waals surface area contributed by atoms with Crippen molar-refractivity contribution < 1.29 is 14.3 Å². The molecule has 4 aliphatic carbocycles. The van der Waals surface area contributed by atoms with E-state index in [1.54, 1.807) is 6.08 Å². The van der Waals surface area contributed by atoms with Crippen LogP contribution in [0.3, 0.4) is 0 Å². The number of rotatable bonds is 2. The van der Waals surface area contributed by atoms with Crippen molar-refractivity contribution >= 4 is 11.8 Å². The second-order valence-corrected chi connectivity index (χ2v) is 9.20. The van der Waals surface area contributed by atoms with E-state index in [2.05, 4.69) is 19.9 Å². The van der Waals surface area contributed by atoms with Crippen molar-refractivity contribution in [1.82, 2.24) is 0 Å². The Morgan fingerprint density at radius 2 is 2.08 bits per heavy atom. The molecule has 3 saturated carbocycles. The van der Waals surface area contributed by atoms with Crippen LogP contribution in [0, 0.1) is 28.6 Å². The average molecular weight is 342 g/mol. The highest BCUT2D eigenvalue weighted by molar-refractivity contribution is 6.01. The summed E-state index contributed by atoms with van der Waals surface area (Å²) in [6.45, 7) is 6.63. The van der Waals surface area contributed by atoms with E-state index in [9.17, 15) is 9.59 Å². The van der Waals surface area contributed by atoms with E-state index in [4.69, 9.17) is 4.74 Å². The largest absolute Gasteiger partial charge is 0.462 e. The van der Waals surface area contributed by atoms with Gasteiger partial charge in [0.25, 0.3) is 0 Å². The average Bonchev–Trinajstić information content (AvgIpc) is 2.91. The van der Waals surface area contributed by atoms with Gasteiger partial charge in [0, 0.05) is 11.8 Å². The Kier molecular flexibility index (Phi) is 3.97. The molecule has 3 nitrogen and oxygen atoms in total. The maximum absolute atomic E-state index is 11.8. The molecular formula is C22H30O3. The summed E-state index contributed by atoms with van der Waals surface area (Å²) in [5, 5.41) is 0. The topological polar surface area (TPSA) is 43.4 Å². The van der Waals surface area contributed by atoms with Crippen molar-refractivity contribution in [2.24, 2.45) is 28.6 Å². The van der Waals surface area contributed by atoms with Crippen LogP contribution in [0.2, 0.25) is 0 Å². The monoisotopic (exact) mass is 342 g/mol. The SMILES string of the molecule is CCC(=O)O[C@H]1C[C@@H]2[C@@H]3CCC4=CC(=O)C=C[C@]4(C)[C@@H]3CC[C@]2(C)C1. The van der Waals surface area contributed by atoms with E-state index >= 15 is 0 Å². The number of hydrogen-bond donors (Lipinski definition) is 0. The van der Waals surface area contributed by atoms with Gasteiger partial charge in [-0.3, -0.25) is 9.59 Å². The molecule has 0 aliphatic heterocycles. The van der Waals surface area contributed by atoms with Gasteiger partial charge in [0.15, 0.2) is 5.78 Å². The fourth-order valence-corrected chi connectivity index (χ4v) is 6.55. The zero-order valence-corrected chi connectivity index (χ0v) is 15.7. The third kappa shape index (κ3) is 2.62. The highest BCUT2D eigenvalue weighted by Crippen LogP contribution is 2.64. The first-order chi connectivity index (χ1) is 11.9. The van der Waals surface area contributed by atoms with Crippen molar-refractivity contribution in [2.45, 2.75) is 71.8 Å². The quantitative estimate of drug-likeness (QED) is 0.688. The molecular weight excluding hydrogens is 312 g/mol. The van der Waals surface area contributed by atoms with E-state index in [1.165, 1.54) is 24.8 Å². The van der Waals surface area contributed by atoms with E-state index in [-0.39, 0.29) is 23.3 Å². The third-order valence-corrected chi connectivity index (χ3v) is 7.87. The summed E-state index contributed by atoms with van der Waals surface area (Å²) in [4.78, 5) is 23.6. The number of ketones is 1. The lowest BCUT2D eigenvalue weighted by molar-refractivity contribution is -0.148. The summed E-state index contributed by atoms with van der Waals surface area (Å²) in [7, 11) is 0. The molecule has 0 aromatic carbocycles. The molecule has 0 bridgehead atoms. The zero-order valence-electron chi connectivity index (χ0n) is 15.7. The van der Waals surface area contributed by atoms with Crippen LogP contribution in [0.4, 0.5) is 0 Å². The molecule has 0 aromatic rings. The number of fused-ring (bicyclic) bond motifs is 5. The van der Waals surface area contributed by atoms with Crippen LogP contribution < -0.4 is 0 Å². The Morgan fingerprint density at radius 3 is 2.84 bits per heavy atom. The van der Waals surface area contributed by atoms with Gasteiger partial charge in [0.05, 0.1) is 0 Å². The lowest BCUT2D eigenvalue weighted by Gasteiger charge is -2.56. The number of allylic oxidation sites excluding steroid dienone is 4. The minimum atomic E-state index is -0.0571. The third-order valence-electron chi connectivity index (χ3n) is 7.87. The Hall–Kier alpha value is -1.38. The normalized spacial score (nSPS) is 45.2. The van der Waals surface area contributed by atoms with Crippen molar-refractivity contribution in [3.05, 3.63) is 23.8 Å². The summed E-state index contributed by atoms with van der Waals surface area (Å²) >= 11 is 0. The lowest BCUT2D eigenvalue weighted by Crippen LogP contribution is -2.48. The first-order valence-electron chi connectivity index (χ1n) is 9.99. The maximum Gasteiger partial charge on any atom is 0.305 e. The molecule has 0 aromatic heterocycles. The molecule has 0 unspecified atom stereocenters. The van der Waals surface area contributed by atoms with Gasteiger partial charge in [-0.05, 0) is 73.8 Å². The molecule has 4 aliphatic rings. The number of carbonyl (C=O) groups excluding carboxylic acids is 2. The van der Waals surface area contributed by atoms with E-state index in [0.717, 1.165) is 19.3 Å². The molecule has 0 N–H and O–H groups in total.